The van der Waals surface area contributed by atoms with Gasteiger partial charge < -0.3 is 20.3 Å². The van der Waals surface area contributed by atoms with Crippen molar-refractivity contribution in [2.24, 2.45) is 0 Å². The monoisotopic (exact) mass is 399 g/mol. The summed E-state index contributed by atoms with van der Waals surface area (Å²) in [4.78, 5) is 13.5. The predicted molar refractivity (Wildman–Crippen MR) is 119 cm³/mol. The molecule has 0 unspecified atom stereocenters. The Morgan fingerprint density at radius 3 is 2.29 bits per heavy atom. The summed E-state index contributed by atoms with van der Waals surface area (Å²) < 4.78 is 5.66. The summed E-state index contributed by atoms with van der Waals surface area (Å²) in [5.41, 5.74) is 2.78. The summed E-state index contributed by atoms with van der Waals surface area (Å²) in [5, 5.41) is 6.93. The van der Waals surface area contributed by atoms with Crippen LogP contribution in [0.4, 0.5) is 5.69 Å². The molecule has 28 heavy (non-hydrogen) atoms. The molecule has 0 spiro atoms. The van der Waals surface area contributed by atoms with E-state index in [0.717, 1.165) is 30.8 Å². The first kappa shape index (κ1) is 21.7. The molecular weight excluding hydrogens is 370 g/mol. The molecule has 0 aliphatic carbocycles. The Kier molecular flexibility index (Phi) is 8.26. The summed E-state index contributed by atoms with van der Waals surface area (Å²) >= 11 is 5.34. The van der Waals surface area contributed by atoms with Gasteiger partial charge in [0.05, 0.1) is 6.10 Å². The minimum absolute atomic E-state index is 0.0175. The number of thiocarbonyl (C=S) groups is 1. The average Bonchev–Trinajstić information content (AvgIpc) is 2.66. The van der Waals surface area contributed by atoms with Crippen LogP contribution in [-0.4, -0.2) is 42.7 Å². The standard InChI is InChI=1S/C22H29N3O2S/c1-16(2)27-20-13-7-17(8-14-20)6-5-15-23-22(28)24-19-11-9-18(10-12-19)21(26)25(3)4/h7-14,16H,5-6,15H2,1-4H3,(H2,23,24,28). The lowest BCUT2D eigenvalue weighted by Gasteiger charge is -2.13. The molecule has 2 aromatic carbocycles. The fourth-order valence-electron chi connectivity index (χ4n) is 2.63. The van der Waals surface area contributed by atoms with Crippen LogP contribution in [0.3, 0.4) is 0 Å². The first-order chi connectivity index (χ1) is 13.3. The van der Waals surface area contributed by atoms with Gasteiger partial charge in [0, 0.05) is 31.9 Å². The summed E-state index contributed by atoms with van der Waals surface area (Å²) in [6.07, 6.45) is 2.13. The van der Waals surface area contributed by atoms with E-state index in [4.69, 9.17) is 17.0 Å². The number of hydrogen-bond acceptors (Lipinski definition) is 3. The summed E-state index contributed by atoms with van der Waals surface area (Å²) in [6, 6.07) is 15.5. The molecule has 0 aromatic heterocycles. The molecule has 2 N–H and O–H groups in total. The smallest absolute Gasteiger partial charge is 0.253 e. The van der Waals surface area contributed by atoms with Crippen molar-refractivity contribution in [1.29, 1.82) is 0 Å². The molecule has 2 aromatic rings. The lowest BCUT2D eigenvalue weighted by atomic mass is 10.1. The molecule has 0 aliphatic heterocycles. The molecule has 0 atom stereocenters. The van der Waals surface area contributed by atoms with Crippen LogP contribution in [0.2, 0.25) is 0 Å². The highest BCUT2D eigenvalue weighted by Gasteiger charge is 2.07. The zero-order chi connectivity index (χ0) is 20.5. The van der Waals surface area contributed by atoms with Crippen molar-refractivity contribution in [3.8, 4) is 5.75 Å². The van der Waals surface area contributed by atoms with Gasteiger partial charge in [-0.15, -0.1) is 0 Å². The van der Waals surface area contributed by atoms with Crippen molar-refractivity contribution in [3.05, 3.63) is 59.7 Å². The van der Waals surface area contributed by atoms with Gasteiger partial charge in [-0.2, -0.15) is 0 Å². The van der Waals surface area contributed by atoms with Gasteiger partial charge in [0.1, 0.15) is 5.75 Å². The van der Waals surface area contributed by atoms with E-state index in [1.807, 2.05) is 38.1 Å². The molecular formula is C22H29N3O2S. The van der Waals surface area contributed by atoms with E-state index < -0.39 is 0 Å². The number of anilines is 1. The molecule has 0 radical (unpaired) electrons. The van der Waals surface area contributed by atoms with E-state index in [-0.39, 0.29) is 12.0 Å². The molecule has 0 heterocycles. The fraction of sp³-hybridized carbons (Fsp3) is 0.364. The molecule has 0 fully saturated rings. The van der Waals surface area contributed by atoms with Crippen molar-refractivity contribution in [1.82, 2.24) is 10.2 Å². The topological polar surface area (TPSA) is 53.6 Å². The second kappa shape index (κ2) is 10.7. The van der Waals surface area contributed by atoms with E-state index in [1.165, 1.54) is 5.56 Å². The second-order valence-electron chi connectivity index (χ2n) is 7.07. The maximum absolute atomic E-state index is 11.9. The first-order valence-corrected chi connectivity index (χ1v) is 9.88. The van der Waals surface area contributed by atoms with Gasteiger partial charge in [-0.1, -0.05) is 12.1 Å². The van der Waals surface area contributed by atoms with Crippen LogP contribution in [0.25, 0.3) is 0 Å². The summed E-state index contributed by atoms with van der Waals surface area (Å²) in [6.45, 7) is 4.83. The van der Waals surface area contributed by atoms with Gasteiger partial charge in [0.2, 0.25) is 0 Å². The Balaban J connectivity index is 1.70. The van der Waals surface area contributed by atoms with E-state index >= 15 is 0 Å². The summed E-state index contributed by atoms with van der Waals surface area (Å²) in [7, 11) is 3.47. The Morgan fingerprint density at radius 1 is 1.07 bits per heavy atom. The van der Waals surface area contributed by atoms with E-state index in [2.05, 4.69) is 22.8 Å². The number of nitrogens with zero attached hydrogens (tertiary/aromatic N) is 1. The molecule has 2 rings (SSSR count). The quantitative estimate of drug-likeness (QED) is 0.517. The molecule has 150 valence electrons. The maximum Gasteiger partial charge on any atom is 0.253 e. The highest BCUT2D eigenvalue weighted by Crippen LogP contribution is 2.15. The lowest BCUT2D eigenvalue weighted by molar-refractivity contribution is 0.0827. The van der Waals surface area contributed by atoms with E-state index in [1.54, 1.807) is 31.1 Å². The average molecular weight is 400 g/mol. The van der Waals surface area contributed by atoms with E-state index in [0.29, 0.717) is 10.7 Å². The third-order valence-electron chi connectivity index (χ3n) is 4.02. The maximum atomic E-state index is 11.9. The van der Waals surface area contributed by atoms with Crippen LogP contribution in [0, 0.1) is 0 Å². The SMILES string of the molecule is CC(C)Oc1ccc(CCCNC(=S)Nc2ccc(C(=O)N(C)C)cc2)cc1. The van der Waals surface area contributed by atoms with Crippen LogP contribution in [0.5, 0.6) is 5.75 Å². The Bertz CT molecular complexity index is 771. The Labute approximate surface area is 173 Å². The number of carbonyl (C=O) groups is 1. The lowest BCUT2D eigenvalue weighted by Crippen LogP contribution is -2.29. The highest BCUT2D eigenvalue weighted by molar-refractivity contribution is 7.80. The minimum Gasteiger partial charge on any atom is -0.491 e. The molecule has 5 nitrogen and oxygen atoms in total. The largest absolute Gasteiger partial charge is 0.491 e. The van der Waals surface area contributed by atoms with Crippen molar-refractivity contribution < 1.29 is 9.53 Å². The van der Waals surface area contributed by atoms with Crippen molar-refractivity contribution >= 4 is 28.9 Å². The molecule has 0 saturated carbocycles. The predicted octanol–water partition coefficient (Wildman–Crippen LogP) is 4.09. The van der Waals surface area contributed by atoms with Crippen molar-refractivity contribution in [2.75, 3.05) is 26.0 Å². The number of carbonyl (C=O) groups excluding carboxylic acids is 1. The highest BCUT2D eigenvalue weighted by atomic mass is 32.1. The Hall–Kier alpha value is -2.60. The first-order valence-electron chi connectivity index (χ1n) is 9.47. The second-order valence-corrected chi connectivity index (χ2v) is 7.48. The zero-order valence-corrected chi connectivity index (χ0v) is 17.8. The van der Waals surface area contributed by atoms with Crippen LogP contribution >= 0.6 is 12.2 Å². The number of aryl methyl sites for hydroxylation is 1. The van der Waals surface area contributed by atoms with Gasteiger partial charge in [0.15, 0.2) is 5.11 Å². The van der Waals surface area contributed by atoms with Gasteiger partial charge in [-0.05, 0) is 80.9 Å². The number of benzene rings is 2. The third-order valence-corrected chi connectivity index (χ3v) is 4.27. The molecule has 0 saturated heterocycles. The van der Waals surface area contributed by atoms with Crippen LogP contribution < -0.4 is 15.4 Å². The molecule has 0 aliphatic rings. The van der Waals surface area contributed by atoms with Gasteiger partial charge in [0.25, 0.3) is 5.91 Å². The van der Waals surface area contributed by atoms with Crippen LogP contribution in [0.15, 0.2) is 48.5 Å². The number of hydrogen-bond donors (Lipinski definition) is 2. The molecule has 6 heteroatoms. The van der Waals surface area contributed by atoms with Crippen molar-refractivity contribution in [3.63, 3.8) is 0 Å². The van der Waals surface area contributed by atoms with Crippen LogP contribution in [-0.2, 0) is 6.42 Å². The number of amides is 1. The molecule has 0 bridgehead atoms. The number of nitrogens with one attached hydrogen (secondary N) is 2. The van der Waals surface area contributed by atoms with Gasteiger partial charge >= 0.3 is 0 Å². The van der Waals surface area contributed by atoms with Gasteiger partial charge in [-0.3, -0.25) is 4.79 Å². The summed E-state index contributed by atoms with van der Waals surface area (Å²) in [5.74, 6) is 0.886. The minimum atomic E-state index is -0.0175. The number of rotatable bonds is 8. The van der Waals surface area contributed by atoms with Gasteiger partial charge in [-0.25, -0.2) is 0 Å². The van der Waals surface area contributed by atoms with Crippen molar-refractivity contribution in [2.45, 2.75) is 32.8 Å². The Morgan fingerprint density at radius 2 is 1.71 bits per heavy atom. The van der Waals surface area contributed by atoms with Crippen LogP contribution in [0.1, 0.15) is 36.2 Å². The van der Waals surface area contributed by atoms with E-state index in [9.17, 15) is 4.79 Å². The third kappa shape index (κ3) is 7.19. The normalized spacial score (nSPS) is 10.5. The zero-order valence-electron chi connectivity index (χ0n) is 17.0. The number of ether oxygens (including phenoxy) is 1. The fourth-order valence-corrected chi connectivity index (χ4v) is 2.85. The molecule has 1 amide bonds.